The average molecular weight is 329 g/mol. The van der Waals surface area contributed by atoms with E-state index in [9.17, 15) is 13.2 Å². The molecule has 0 radical (unpaired) electrons. The summed E-state index contributed by atoms with van der Waals surface area (Å²) >= 11 is 0. The molecule has 1 aromatic carbocycles. The second-order valence-corrected chi connectivity index (χ2v) is 6.80. The van der Waals surface area contributed by atoms with Gasteiger partial charge >= 0.3 is 5.97 Å². The zero-order valence-corrected chi connectivity index (χ0v) is 13.1. The Kier molecular flexibility index (Phi) is 5.38. The van der Waals surface area contributed by atoms with Gasteiger partial charge in [0.2, 0.25) is 10.0 Å². The van der Waals surface area contributed by atoms with Crippen LogP contribution in [-0.4, -0.2) is 57.2 Å². The van der Waals surface area contributed by atoms with Crippen molar-refractivity contribution in [2.45, 2.75) is 17.7 Å². The van der Waals surface area contributed by atoms with Crippen LogP contribution in [0.25, 0.3) is 0 Å². The molecule has 1 aliphatic heterocycles. The number of nitrogens with zero attached hydrogens (tertiary/aromatic N) is 1. The van der Waals surface area contributed by atoms with Gasteiger partial charge in [-0.1, -0.05) is 6.07 Å². The molecule has 7 nitrogen and oxygen atoms in total. The van der Waals surface area contributed by atoms with Crippen molar-refractivity contribution >= 4 is 16.0 Å². The summed E-state index contributed by atoms with van der Waals surface area (Å²) in [5, 5.41) is 8.74. The van der Waals surface area contributed by atoms with E-state index < -0.39 is 16.0 Å². The number of benzene rings is 1. The van der Waals surface area contributed by atoms with Crippen molar-refractivity contribution in [2.75, 3.05) is 33.4 Å². The molecular weight excluding hydrogens is 310 g/mol. The van der Waals surface area contributed by atoms with Gasteiger partial charge in [-0.3, -0.25) is 4.79 Å². The minimum Gasteiger partial charge on any atom is -0.495 e. The summed E-state index contributed by atoms with van der Waals surface area (Å²) in [6, 6.07) is 4.73. The molecule has 1 heterocycles. The Labute approximate surface area is 129 Å². The van der Waals surface area contributed by atoms with Gasteiger partial charge in [0.05, 0.1) is 20.3 Å². The zero-order chi connectivity index (χ0) is 16.2. The van der Waals surface area contributed by atoms with Crippen molar-refractivity contribution in [3.05, 3.63) is 23.8 Å². The summed E-state index contributed by atoms with van der Waals surface area (Å²) in [6.07, 6.45) is 0.217. The molecular formula is C14H19NO6S. The predicted molar refractivity (Wildman–Crippen MR) is 78.5 cm³/mol. The van der Waals surface area contributed by atoms with Gasteiger partial charge in [-0.2, -0.15) is 4.31 Å². The molecule has 0 bridgehead atoms. The number of aryl methyl sites for hydroxylation is 1. The molecule has 0 atom stereocenters. The standard InChI is InChI=1S/C14H19NO6S/c1-20-12-4-2-11(3-5-14(16)17)10-13(12)22(18,19)15-6-8-21-9-7-15/h2,4,10H,3,5-9H2,1H3,(H,16,17). The fraction of sp³-hybridized carbons (Fsp3) is 0.500. The van der Waals surface area contributed by atoms with Crippen LogP contribution in [-0.2, 0) is 26.0 Å². The Morgan fingerprint density at radius 3 is 2.64 bits per heavy atom. The fourth-order valence-corrected chi connectivity index (χ4v) is 3.87. The Hall–Kier alpha value is -1.64. The normalized spacial score (nSPS) is 16.4. The van der Waals surface area contributed by atoms with Crippen LogP contribution in [0.3, 0.4) is 0 Å². The van der Waals surface area contributed by atoms with Crippen molar-refractivity contribution in [1.82, 2.24) is 4.31 Å². The van der Waals surface area contributed by atoms with Gasteiger partial charge in [-0.05, 0) is 24.1 Å². The van der Waals surface area contributed by atoms with Crippen LogP contribution in [0.4, 0.5) is 0 Å². The number of rotatable bonds is 6. The van der Waals surface area contributed by atoms with E-state index in [0.717, 1.165) is 0 Å². The smallest absolute Gasteiger partial charge is 0.303 e. The predicted octanol–water partition coefficient (Wildman–Crippen LogP) is 0.733. The summed E-state index contributed by atoms with van der Waals surface area (Å²) in [7, 11) is -2.28. The van der Waals surface area contributed by atoms with Crippen molar-refractivity contribution in [3.8, 4) is 5.75 Å². The van der Waals surface area contributed by atoms with Crippen molar-refractivity contribution < 1.29 is 27.8 Å². The van der Waals surface area contributed by atoms with E-state index in [4.69, 9.17) is 14.6 Å². The van der Waals surface area contributed by atoms with Crippen LogP contribution in [0.2, 0.25) is 0 Å². The monoisotopic (exact) mass is 329 g/mol. The summed E-state index contributed by atoms with van der Waals surface area (Å²) in [6.45, 7) is 1.32. The lowest BCUT2D eigenvalue weighted by atomic mass is 10.1. The maximum absolute atomic E-state index is 12.7. The number of carbonyl (C=O) groups is 1. The van der Waals surface area contributed by atoms with Crippen LogP contribution in [0.15, 0.2) is 23.1 Å². The molecule has 1 N–H and O–H groups in total. The van der Waals surface area contributed by atoms with Crippen molar-refractivity contribution in [1.29, 1.82) is 0 Å². The summed E-state index contributed by atoms with van der Waals surface area (Å²) in [4.78, 5) is 10.7. The van der Waals surface area contributed by atoms with Crippen molar-refractivity contribution in [3.63, 3.8) is 0 Å². The highest BCUT2D eigenvalue weighted by molar-refractivity contribution is 7.89. The number of sulfonamides is 1. The SMILES string of the molecule is COc1ccc(CCC(=O)O)cc1S(=O)(=O)N1CCOCC1. The molecule has 0 unspecified atom stereocenters. The Morgan fingerprint density at radius 1 is 1.36 bits per heavy atom. The minimum atomic E-state index is -3.68. The molecule has 0 amide bonds. The number of morpholine rings is 1. The molecule has 0 saturated carbocycles. The highest BCUT2D eigenvalue weighted by Crippen LogP contribution is 2.28. The fourth-order valence-electron chi connectivity index (χ4n) is 2.26. The van der Waals surface area contributed by atoms with E-state index in [0.29, 0.717) is 31.9 Å². The number of hydrogen-bond donors (Lipinski definition) is 1. The number of carboxylic acids is 1. The van der Waals surface area contributed by atoms with E-state index in [-0.39, 0.29) is 23.5 Å². The Balaban J connectivity index is 2.33. The van der Waals surface area contributed by atoms with Gasteiger partial charge in [0.1, 0.15) is 10.6 Å². The quantitative estimate of drug-likeness (QED) is 0.827. The first-order chi connectivity index (χ1) is 10.4. The molecule has 1 aromatic rings. The van der Waals surface area contributed by atoms with E-state index in [1.165, 1.54) is 17.5 Å². The number of carboxylic acid groups (broad SMARTS) is 1. The third kappa shape index (κ3) is 3.76. The number of aliphatic carboxylic acids is 1. The third-order valence-electron chi connectivity index (χ3n) is 3.44. The Bertz CT molecular complexity index is 637. The number of hydrogen-bond acceptors (Lipinski definition) is 5. The van der Waals surface area contributed by atoms with Gasteiger partial charge in [-0.25, -0.2) is 8.42 Å². The van der Waals surface area contributed by atoms with Crippen LogP contribution in [0.1, 0.15) is 12.0 Å². The zero-order valence-electron chi connectivity index (χ0n) is 12.3. The van der Waals surface area contributed by atoms with Gasteiger partial charge in [-0.15, -0.1) is 0 Å². The highest BCUT2D eigenvalue weighted by atomic mass is 32.2. The highest BCUT2D eigenvalue weighted by Gasteiger charge is 2.29. The second kappa shape index (κ2) is 7.08. The first-order valence-electron chi connectivity index (χ1n) is 6.92. The van der Waals surface area contributed by atoms with Crippen LogP contribution >= 0.6 is 0 Å². The molecule has 1 fully saturated rings. The van der Waals surface area contributed by atoms with Crippen LogP contribution in [0.5, 0.6) is 5.75 Å². The van der Waals surface area contributed by atoms with E-state index in [1.54, 1.807) is 12.1 Å². The van der Waals surface area contributed by atoms with Crippen molar-refractivity contribution in [2.24, 2.45) is 0 Å². The molecule has 8 heteroatoms. The minimum absolute atomic E-state index is 0.0522. The molecule has 1 aliphatic rings. The molecule has 2 rings (SSSR count). The average Bonchev–Trinajstić information content (AvgIpc) is 2.53. The molecule has 0 aromatic heterocycles. The largest absolute Gasteiger partial charge is 0.495 e. The first kappa shape index (κ1) is 16.7. The molecule has 22 heavy (non-hydrogen) atoms. The summed E-state index contributed by atoms with van der Waals surface area (Å²) in [5.41, 5.74) is 0.648. The third-order valence-corrected chi connectivity index (χ3v) is 5.36. The second-order valence-electron chi connectivity index (χ2n) is 4.90. The van der Waals surface area contributed by atoms with E-state index in [1.807, 2.05) is 0 Å². The summed E-state index contributed by atoms with van der Waals surface area (Å²) < 4.78 is 37.1. The summed E-state index contributed by atoms with van der Waals surface area (Å²) in [5.74, 6) is -0.668. The van der Waals surface area contributed by atoms with Gasteiger partial charge < -0.3 is 14.6 Å². The van der Waals surface area contributed by atoms with E-state index in [2.05, 4.69) is 0 Å². The Morgan fingerprint density at radius 2 is 2.05 bits per heavy atom. The maximum Gasteiger partial charge on any atom is 0.303 e. The molecule has 1 saturated heterocycles. The topological polar surface area (TPSA) is 93.1 Å². The maximum atomic E-state index is 12.7. The van der Waals surface area contributed by atoms with Gasteiger partial charge in [0, 0.05) is 19.5 Å². The number of ether oxygens (including phenoxy) is 2. The van der Waals surface area contributed by atoms with Gasteiger partial charge in [0.25, 0.3) is 0 Å². The number of methoxy groups -OCH3 is 1. The van der Waals surface area contributed by atoms with Crippen LogP contribution < -0.4 is 4.74 Å². The van der Waals surface area contributed by atoms with Gasteiger partial charge in [0.15, 0.2) is 0 Å². The molecule has 0 spiro atoms. The lowest BCUT2D eigenvalue weighted by molar-refractivity contribution is -0.136. The lowest BCUT2D eigenvalue weighted by Crippen LogP contribution is -2.40. The van der Waals surface area contributed by atoms with Crippen LogP contribution in [0, 0.1) is 0 Å². The van der Waals surface area contributed by atoms with E-state index >= 15 is 0 Å². The lowest BCUT2D eigenvalue weighted by Gasteiger charge is -2.26. The molecule has 122 valence electrons. The molecule has 0 aliphatic carbocycles. The first-order valence-corrected chi connectivity index (χ1v) is 8.36.